The van der Waals surface area contributed by atoms with Gasteiger partial charge in [0, 0.05) is 26.2 Å². The molecule has 0 saturated carbocycles. The van der Waals surface area contributed by atoms with Crippen molar-refractivity contribution in [2.24, 2.45) is 17.8 Å². The lowest BCUT2D eigenvalue weighted by molar-refractivity contribution is -0.148. The maximum absolute atomic E-state index is 12.9. The topological polar surface area (TPSA) is 55.2 Å². The summed E-state index contributed by atoms with van der Waals surface area (Å²) in [6.07, 6.45) is 1.71. The molecule has 4 heterocycles. The Balaban J connectivity index is 1.41. The van der Waals surface area contributed by atoms with Gasteiger partial charge < -0.3 is 18.8 Å². The molecule has 126 valence electrons. The number of hydrogen-bond acceptors (Lipinski definition) is 5. The summed E-state index contributed by atoms with van der Waals surface area (Å²) in [6.45, 7) is 6.81. The molecule has 1 aromatic rings. The van der Waals surface area contributed by atoms with Gasteiger partial charge >= 0.3 is 0 Å². The first-order valence-electron chi connectivity index (χ1n) is 8.50. The second kappa shape index (κ2) is 6.63. The number of hydrogen-bond donors (Lipinski definition) is 0. The maximum Gasteiger partial charge on any atom is 0.228 e. The van der Waals surface area contributed by atoms with Crippen LogP contribution in [0.25, 0.3) is 0 Å². The molecule has 0 unspecified atom stereocenters. The van der Waals surface area contributed by atoms with E-state index in [1.165, 1.54) is 0 Å². The molecular formula is C17H24N2O4. The number of rotatable bonds is 3. The van der Waals surface area contributed by atoms with Crippen molar-refractivity contribution in [3.8, 4) is 0 Å². The third kappa shape index (κ3) is 3.16. The number of carbonyl (C=O) groups excluding carboxylic acids is 1. The fourth-order valence-corrected chi connectivity index (χ4v) is 4.12. The third-order valence-corrected chi connectivity index (χ3v) is 5.31. The first-order chi connectivity index (χ1) is 11.3. The van der Waals surface area contributed by atoms with Crippen LogP contribution in [0.2, 0.25) is 0 Å². The van der Waals surface area contributed by atoms with Gasteiger partial charge in [-0.2, -0.15) is 0 Å². The van der Waals surface area contributed by atoms with Gasteiger partial charge in [0.1, 0.15) is 5.76 Å². The largest absolute Gasteiger partial charge is 0.468 e. The Morgan fingerprint density at radius 2 is 2.04 bits per heavy atom. The van der Waals surface area contributed by atoms with Gasteiger partial charge in [0.25, 0.3) is 0 Å². The van der Waals surface area contributed by atoms with Gasteiger partial charge in [0.05, 0.1) is 45.2 Å². The zero-order valence-corrected chi connectivity index (χ0v) is 13.4. The standard InChI is InChI=1S/C17H24N2O4/c20-17(19-3-6-21-7-4-19)16-12-22-11-13-8-18(10-15(13)16)9-14-2-1-5-23-14/h1-2,5,13,15-16H,3-4,6-12H2/t13-,15-,16+/m0/s1. The summed E-state index contributed by atoms with van der Waals surface area (Å²) < 4.78 is 16.6. The van der Waals surface area contributed by atoms with E-state index in [1.807, 2.05) is 17.0 Å². The number of morpholine rings is 1. The van der Waals surface area contributed by atoms with Crippen molar-refractivity contribution in [1.82, 2.24) is 9.80 Å². The van der Waals surface area contributed by atoms with Crippen LogP contribution >= 0.6 is 0 Å². The summed E-state index contributed by atoms with van der Waals surface area (Å²) in [5, 5.41) is 0. The van der Waals surface area contributed by atoms with E-state index in [-0.39, 0.29) is 11.8 Å². The number of amides is 1. The third-order valence-electron chi connectivity index (χ3n) is 5.31. The van der Waals surface area contributed by atoms with Crippen molar-refractivity contribution >= 4 is 5.91 Å². The van der Waals surface area contributed by atoms with Crippen molar-refractivity contribution in [1.29, 1.82) is 0 Å². The molecule has 6 heteroatoms. The predicted octanol–water partition coefficient (Wildman–Crippen LogP) is 0.833. The molecule has 3 atom stereocenters. The molecule has 0 aromatic carbocycles. The van der Waals surface area contributed by atoms with E-state index in [0.717, 1.165) is 32.0 Å². The minimum Gasteiger partial charge on any atom is -0.468 e. The number of nitrogens with zero attached hydrogens (tertiary/aromatic N) is 2. The Hall–Kier alpha value is -1.37. The van der Waals surface area contributed by atoms with Gasteiger partial charge in [0.2, 0.25) is 5.91 Å². The molecule has 6 nitrogen and oxygen atoms in total. The Kier molecular flexibility index (Phi) is 4.37. The van der Waals surface area contributed by atoms with Crippen molar-refractivity contribution in [2.45, 2.75) is 6.54 Å². The molecule has 1 amide bonds. The van der Waals surface area contributed by atoms with Crippen LogP contribution in [0.3, 0.4) is 0 Å². The first-order valence-corrected chi connectivity index (χ1v) is 8.50. The Labute approximate surface area is 136 Å². The highest BCUT2D eigenvalue weighted by Crippen LogP contribution is 2.35. The molecule has 3 saturated heterocycles. The number of carbonyl (C=O) groups is 1. The molecule has 3 fully saturated rings. The van der Waals surface area contributed by atoms with Crippen LogP contribution in [0.15, 0.2) is 22.8 Å². The Morgan fingerprint density at radius 1 is 1.17 bits per heavy atom. The summed E-state index contributed by atoms with van der Waals surface area (Å²) >= 11 is 0. The highest BCUT2D eigenvalue weighted by molar-refractivity contribution is 5.79. The highest BCUT2D eigenvalue weighted by atomic mass is 16.5. The first kappa shape index (κ1) is 15.2. The molecule has 0 aliphatic carbocycles. The number of likely N-dealkylation sites (tertiary alicyclic amines) is 1. The lowest BCUT2D eigenvalue weighted by atomic mass is 9.82. The molecule has 0 radical (unpaired) electrons. The van der Waals surface area contributed by atoms with Crippen LogP contribution in [0, 0.1) is 17.8 Å². The molecule has 4 rings (SSSR count). The van der Waals surface area contributed by atoms with E-state index in [2.05, 4.69) is 4.90 Å². The fraction of sp³-hybridized carbons (Fsp3) is 0.706. The van der Waals surface area contributed by atoms with E-state index in [9.17, 15) is 4.79 Å². The van der Waals surface area contributed by atoms with Gasteiger partial charge in [-0.05, 0) is 24.0 Å². The van der Waals surface area contributed by atoms with Crippen LogP contribution in [-0.4, -0.2) is 68.3 Å². The average Bonchev–Trinajstić information content (AvgIpc) is 3.24. The smallest absolute Gasteiger partial charge is 0.228 e. The minimum atomic E-state index is -0.00606. The van der Waals surface area contributed by atoms with Crippen LogP contribution < -0.4 is 0 Å². The maximum atomic E-state index is 12.9. The molecule has 23 heavy (non-hydrogen) atoms. The zero-order chi connectivity index (χ0) is 15.6. The van der Waals surface area contributed by atoms with Crippen molar-refractivity contribution in [3.05, 3.63) is 24.2 Å². The van der Waals surface area contributed by atoms with Crippen molar-refractivity contribution in [3.63, 3.8) is 0 Å². The normalized spacial score (nSPS) is 32.0. The summed E-state index contributed by atoms with van der Waals surface area (Å²) in [4.78, 5) is 17.2. The van der Waals surface area contributed by atoms with Crippen LogP contribution in [0.5, 0.6) is 0 Å². The van der Waals surface area contributed by atoms with Crippen LogP contribution in [0.1, 0.15) is 5.76 Å². The van der Waals surface area contributed by atoms with Gasteiger partial charge in [0.15, 0.2) is 0 Å². The van der Waals surface area contributed by atoms with Crippen molar-refractivity contribution < 1.29 is 18.7 Å². The minimum absolute atomic E-state index is 0.00606. The van der Waals surface area contributed by atoms with E-state index in [4.69, 9.17) is 13.9 Å². The lowest BCUT2D eigenvalue weighted by Crippen LogP contribution is -2.49. The Morgan fingerprint density at radius 3 is 2.83 bits per heavy atom. The SMILES string of the molecule is O=C([C@@H]1COC[C@@H]2CN(Cc3ccco3)C[C@@H]21)N1CCOCC1. The monoisotopic (exact) mass is 320 g/mol. The number of ether oxygens (including phenoxy) is 2. The second-order valence-electron chi connectivity index (χ2n) is 6.78. The fourth-order valence-electron chi connectivity index (χ4n) is 4.12. The van der Waals surface area contributed by atoms with E-state index in [1.54, 1.807) is 6.26 Å². The predicted molar refractivity (Wildman–Crippen MR) is 82.7 cm³/mol. The van der Waals surface area contributed by atoms with Gasteiger partial charge in [-0.1, -0.05) is 0 Å². The number of fused-ring (bicyclic) bond motifs is 1. The zero-order valence-electron chi connectivity index (χ0n) is 13.4. The number of furan rings is 1. The summed E-state index contributed by atoms with van der Waals surface area (Å²) in [7, 11) is 0. The summed E-state index contributed by atoms with van der Waals surface area (Å²) in [5.74, 6) is 2.08. The molecule has 1 aromatic heterocycles. The molecule has 0 N–H and O–H groups in total. The van der Waals surface area contributed by atoms with Crippen LogP contribution in [0.4, 0.5) is 0 Å². The molecular weight excluding hydrogens is 296 g/mol. The Bertz CT molecular complexity index is 527. The quantitative estimate of drug-likeness (QED) is 0.826. The molecule has 3 aliphatic rings. The molecule has 0 bridgehead atoms. The molecule has 3 aliphatic heterocycles. The highest BCUT2D eigenvalue weighted by Gasteiger charge is 2.45. The summed E-state index contributed by atoms with van der Waals surface area (Å²) in [5.41, 5.74) is 0. The second-order valence-corrected chi connectivity index (χ2v) is 6.78. The van der Waals surface area contributed by atoms with Gasteiger partial charge in [-0.15, -0.1) is 0 Å². The van der Waals surface area contributed by atoms with E-state index in [0.29, 0.717) is 44.7 Å². The summed E-state index contributed by atoms with van der Waals surface area (Å²) in [6, 6.07) is 3.93. The van der Waals surface area contributed by atoms with Gasteiger partial charge in [-0.3, -0.25) is 9.69 Å². The van der Waals surface area contributed by atoms with Crippen molar-refractivity contribution in [2.75, 3.05) is 52.6 Å². The van der Waals surface area contributed by atoms with Crippen LogP contribution in [-0.2, 0) is 20.8 Å². The van der Waals surface area contributed by atoms with Gasteiger partial charge in [-0.25, -0.2) is 0 Å². The lowest BCUT2D eigenvalue weighted by Gasteiger charge is -2.36. The van der Waals surface area contributed by atoms with E-state index < -0.39 is 0 Å². The average molecular weight is 320 g/mol. The van der Waals surface area contributed by atoms with E-state index >= 15 is 0 Å². The molecule has 0 spiro atoms.